The first kappa shape index (κ1) is 10.5. The lowest BCUT2D eigenvalue weighted by atomic mass is 10.2. The molecule has 3 rings (SSSR count). The molecule has 0 aliphatic rings. The topological polar surface area (TPSA) is 50.2 Å². The van der Waals surface area contributed by atoms with Gasteiger partial charge in [0.1, 0.15) is 16.2 Å². The molecule has 3 heterocycles. The van der Waals surface area contributed by atoms with Gasteiger partial charge in [0.15, 0.2) is 0 Å². The summed E-state index contributed by atoms with van der Waals surface area (Å²) in [5.41, 5.74) is 0.556. The first-order valence-corrected chi connectivity index (χ1v) is 6.39. The Morgan fingerprint density at radius 3 is 2.88 bits per heavy atom. The zero-order chi connectivity index (χ0) is 12.2. The summed E-state index contributed by atoms with van der Waals surface area (Å²) in [4.78, 5) is 14.1. The highest BCUT2D eigenvalue weighted by molar-refractivity contribution is 7.18. The van der Waals surface area contributed by atoms with Crippen LogP contribution in [0.1, 0.15) is 30.5 Å². The summed E-state index contributed by atoms with van der Waals surface area (Å²) in [6.45, 7) is 6.23. The molecule has 0 aliphatic carbocycles. The van der Waals surface area contributed by atoms with E-state index in [-0.39, 0.29) is 11.5 Å². The number of fused-ring (bicyclic) bond motifs is 3. The van der Waals surface area contributed by atoms with Gasteiger partial charge in [0.2, 0.25) is 0 Å². The Hall–Kier alpha value is -1.62. The Morgan fingerprint density at radius 2 is 2.18 bits per heavy atom. The summed E-state index contributed by atoms with van der Waals surface area (Å²) in [6.07, 6.45) is 0. The minimum absolute atomic E-state index is 0.129. The van der Waals surface area contributed by atoms with Crippen molar-refractivity contribution in [1.29, 1.82) is 0 Å². The molecule has 0 unspecified atom stereocenters. The van der Waals surface area contributed by atoms with Crippen LogP contribution in [0.25, 0.3) is 15.7 Å². The van der Waals surface area contributed by atoms with Crippen molar-refractivity contribution < 1.29 is 0 Å². The average Bonchev–Trinajstić information content (AvgIpc) is 2.75. The second kappa shape index (κ2) is 3.43. The summed E-state index contributed by atoms with van der Waals surface area (Å²) >= 11 is 1.70. The fourth-order valence-electron chi connectivity index (χ4n) is 2.12. The van der Waals surface area contributed by atoms with Crippen LogP contribution in [-0.2, 0) is 0 Å². The van der Waals surface area contributed by atoms with Crippen molar-refractivity contribution in [3.8, 4) is 0 Å². The van der Waals surface area contributed by atoms with Crippen LogP contribution in [0.3, 0.4) is 0 Å². The summed E-state index contributed by atoms with van der Waals surface area (Å²) in [5.74, 6) is 1.17. The third kappa shape index (κ3) is 1.42. The lowest BCUT2D eigenvalue weighted by Gasteiger charge is -2.07. The molecule has 4 nitrogen and oxygen atoms in total. The van der Waals surface area contributed by atoms with Crippen LogP contribution < -0.4 is 5.56 Å². The van der Waals surface area contributed by atoms with E-state index in [4.69, 9.17) is 0 Å². The van der Waals surface area contributed by atoms with E-state index in [1.165, 1.54) is 4.88 Å². The van der Waals surface area contributed by atoms with Crippen LogP contribution in [0.4, 0.5) is 0 Å². The van der Waals surface area contributed by atoms with Crippen molar-refractivity contribution in [2.24, 2.45) is 0 Å². The fourth-order valence-corrected chi connectivity index (χ4v) is 3.13. The van der Waals surface area contributed by atoms with Gasteiger partial charge in [-0.25, -0.2) is 5.10 Å². The Balaban J connectivity index is 2.58. The van der Waals surface area contributed by atoms with Crippen molar-refractivity contribution in [3.63, 3.8) is 0 Å². The molecule has 0 radical (unpaired) electrons. The van der Waals surface area contributed by atoms with Gasteiger partial charge in [0, 0.05) is 16.2 Å². The number of H-pyrrole nitrogens is 1. The van der Waals surface area contributed by atoms with Gasteiger partial charge in [-0.05, 0) is 19.1 Å². The van der Waals surface area contributed by atoms with Crippen molar-refractivity contribution in [1.82, 2.24) is 14.6 Å². The van der Waals surface area contributed by atoms with Crippen LogP contribution in [0.15, 0.2) is 16.9 Å². The Labute approximate surface area is 102 Å². The molecule has 0 saturated carbocycles. The molecular formula is C12H13N3OS. The fraction of sp³-hybridized carbons (Fsp3) is 0.333. The lowest BCUT2D eigenvalue weighted by Crippen LogP contribution is -2.16. The van der Waals surface area contributed by atoms with Crippen LogP contribution >= 0.6 is 11.3 Å². The maximum atomic E-state index is 11.8. The second-order valence-electron chi connectivity index (χ2n) is 4.55. The van der Waals surface area contributed by atoms with Crippen molar-refractivity contribution in [3.05, 3.63) is 33.2 Å². The minimum atomic E-state index is -0.129. The molecule has 0 aliphatic heterocycles. The van der Waals surface area contributed by atoms with Gasteiger partial charge in [-0.1, -0.05) is 13.8 Å². The van der Waals surface area contributed by atoms with Gasteiger partial charge in [-0.3, -0.25) is 9.20 Å². The van der Waals surface area contributed by atoms with Crippen LogP contribution in [0.2, 0.25) is 0 Å². The number of aryl methyl sites for hydroxylation is 1. The predicted molar refractivity (Wildman–Crippen MR) is 70.0 cm³/mol. The Kier molecular flexibility index (Phi) is 2.13. The van der Waals surface area contributed by atoms with Gasteiger partial charge in [0.05, 0.1) is 0 Å². The Morgan fingerprint density at radius 1 is 1.41 bits per heavy atom. The quantitative estimate of drug-likeness (QED) is 0.718. The molecule has 3 aromatic heterocycles. The van der Waals surface area contributed by atoms with Crippen LogP contribution in [0.5, 0.6) is 0 Å². The molecule has 0 aromatic carbocycles. The third-order valence-corrected chi connectivity index (χ3v) is 3.90. The standard InChI is InChI=1S/C12H13N3OS/c1-6(2)10-13-14-11(16)9-5-8-4-7(3)17-12(8)15(9)10/h4-6H,1-3H3,(H,14,16). The smallest absolute Gasteiger partial charge is 0.282 e. The van der Waals surface area contributed by atoms with Crippen molar-refractivity contribution >= 4 is 27.1 Å². The van der Waals surface area contributed by atoms with E-state index in [2.05, 4.69) is 37.0 Å². The average molecular weight is 247 g/mol. The number of aromatic nitrogens is 3. The molecule has 88 valence electrons. The van der Waals surface area contributed by atoms with Crippen LogP contribution in [0, 0.1) is 6.92 Å². The highest BCUT2D eigenvalue weighted by Gasteiger charge is 2.14. The summed E-state index contributed by atoms with van der Waals surface area (Å²) < 4.78 is 1.98. The van der Waals surface area contributed by atoms with E-state index in [9.17, 15) is 4.79 Å². The van der Waals surface area contributed by atoms with E-state index < -0.39 is 0 Å². The second-order valence-corrected chi connectivity index (χ2v) is 5.78. The predicted octanol–water partition coefficient (Wildman–Crippen LogP) is 2.67. The Bertz CT molecular complexity index is 763. The maximum Gasteiger partial charge on any atom is 0.288 e. The highest BCUT2D eigenvalue weighted by atomic mass is 32.1. The van der Waals surface area contributed by atoms with Gasteiger partial charge >= 0.3 is 0 Å². The lowest BCUT2D eigenvalue weighted by molar-refractivity contribution is 0.720. The van der Waals surface area contributed by atoms with E-state index in [1.54, 1.807) is 11.3 Å². The van der Waals surface area contributed by atoms with Gasteiger partial charge in [-0.2, -0.15) is 5.10 Å². The molecule has 0 saturated heterocycles. The molecular weight excluding hydrogens is 234 g/mol. The zero-order valence-corrected chi connectivity index (χ0v) is 10.8. The molecule has 0 bridgehead atoms. The number of hydrogen-bond donors (Lipinski definition) is 1. The number of thiophene rings is 1. The largest absolute Gasteiger partial charge is 0.288 e. The van der Waals surface area contributed by atoms with E-state index in [0.717, 1.165) is 16.0 Å². The third-order valence-electron chi connectivity index (χ3n) is 2.85. The summed E-state index contributed by atoms with van der Waals surface area (Å²) in [5, 5.41) is 7.86. The first-order chi connectivity index (χ1) is 8.08. The molecule has 0 spiro atoms. The summed E-state index contributed by atoms with van der Waals surface area (Å²) in [7, 11) is 0. The molecule has 0 amide bonds. The van der Waals surface area contributed by atoms with Gasteiger partial charge in [0.25, 0.3) is 5.56 Å². The van der Waals surface area contributed by atoms with E-state index in [1.807, 2.05) is 10.5 Å². The molecule has 17 heavy (non-hydrogen) atoms. The van der Waals surface area contributed by atoms with E-state index in [0.29, 0.717) is 5.52 Å². The normalized spacial score (nSPS) is 12.0. The monoisotopic (exact) mass is 247 g/mol. The highest BCUT2D eigenvalue weighted by Crippen LogP contribution is 2.29. The SMILES string of the molecule is Cc1cc2cc3c(=O)[nH]nc(C(C)C)n3c2s1. The van der Waals surface area contributed by atoms with E-state index >= 15 is 0 Å². The van der Waals surface area contributed by atoms with Crippen molar-refractivity contribution in [2.45, 2.75) is 26.7 Å². The number of aromatic amines is 1. The van der Waals surface area contributed by atoms with Crippen molar-refractivity contribution in [2.75, 3.05) is 0 Å². The molecule has 3 aromatic rings. The number of nitrogens with one attached hydrogen (secondary N) is 1. The van der Waals surface area contributed by atoms with Gasteiger partial charge in [-0.15, -0.1) is 11.3 Å². The zero-order valence-electron chi connectivity index (χ0n) is 9.94. The number of rotatable bonds is 1. The molecule has 0 fully saturated rings. The summed E-state index contributed by atoms with van der Waals surface area (Å²) in [6, 6.07) is 4.04. The van der Waals surface area contributed by atoms with Crippen LogP contribution in [-0.4, -0.2) is 14.6 Å². The maximum absolute atomic E-state index is 11.8. The first-order valence-electron chi connectivity index (χ1n) is 5.58. The molecule has 1 N–H and O–H groups in total. The molecule has 0 atom stereocenters. The van der Waals surface area contributed by atoms with Gasteiger partial charge < -0.3 is 0 Å². The minimum Gasteiger partial charge on any atom is -0.282 e. The number of hydrogen-bond acceptors (Lipinski definition) is 3. The number of nitrogens with zero attached hydrogens (tertiary/aromatic N) is 2. The molecule has 5 heteroatoms.